The van der Waals surface area contributed by atoms with Gasteiger partial charge in [-0.05, 0) is 57.1 Å². The predicted octanol–water partition coefficient (Wildman–Crippen LogP) is 3.51. The van der Waals surface area contributed by atoms with Crippen LogP contribution in [0.15, 0.2) is 22.5 Å². The van der Waals surface area contributed by atoms with Crippen LogP contribution < -0.4 is 16.0 Å². The van der Waals surface area contributed by atoms with Crippen molar-refractivity contribution in [1.29, 1.82) is 0 Å². The topological polar surface area (TPSA) is 68.8 Å². The normalized spacial score (nSPS) is 19.0. The summed E-state index contributed by atoms with van der Waals surface area (Å²) in [5.74, 6) is 0.945. The van der Waals surface area contributed by atoms with Gasteiger partial charge >= 0.3 is 0 Å². The summed E-state index contributed by atoms with van der Waals surface area (Å²) in [7, 11) is 0. The molecule has 1 amide bonds. The number of hydrogen-bond acceptors (Lipinski definition) is 4. The fourth-order valence-corrected chi connectivity index (χ4v) is 4.96. The van der Waals surface area contributed by atoms with Crippen molar-refractivity contribution >= 4 is 47.2 Å². The maximum absolute atomic E-state index is 12.1. The summed E-state index contributed by atoms with van der Waals surface area (Å²) in [6, 6.07) is 5.08. The Morgan fingerprint density at radius 2 is 2.00 bits per heavy atom. The van der Waals surface area contributed by atoms with Crippen molar-refractivity contribution in [2.45, 2.75) is 64.0 Å². The van der Waals surface area contributed by atoms with E-state index in [0.29, 0.717) is 25.0 Å². The molecule has 1 saturated carbocycles. The van der Waals surface area contributed by atoms with Crippen LogP contribution in [0.3, 0.4) is 0 Å². The number of amides is 1. The van der Waals surface area contributed by atoms with Crippen molar-refractivity contribution in [3.8, 4) is 0 Å². The van der Waals surface area contributed by atoms with E-state index in [4.69, 9.17) is 4.99 Å². The summed E-state index contributed by atoms with van der Waals surface area (Å²) < 4.78 is 0. The van der Waals surface area contributed by atoms with Crippen molar-refractivity contribution in [1.82, 2.24) is 20.9 Å². The van der Waals surface area contributed by atoms with Crippen molar-refractivity contribution in [3.63, 3.8) is 0 Å². The Bertz CT molecular complexity index is 613. The van der Waals surface area contributed by atoms with Crippen LogP contribution in [0.5, 0.6) is 0 Å². The Morgan fingerprint density at radius 1 is 1.24 bits per heavy atom. The molecule has 3 N–H and O–H groups in total. The van der Waals surface area contributed by atoms with E-state index in [0.717, 1.165) is 45.0 Å². The number of rotatable bonds is 9. The van der Waals surface area contributed by atoms with Crippen LogP contribution in [0.4, 0.5) is 0 Å². The number of likely N-dealkylation sites (tertiary alicyclic amines) is 1. The average Bonchev–Trinajstić information content (AvgIpc) is 3.46. The van der Waals surface area contributed by atoms with Crippen molar-refractivity contribution < 1.29 is 4.79 Å². The van der Waals surface area contributed by atoms with E-state index in [2.05, 4.69) is 45.3 Å². The van der Waals surface area contributed by atoms with Crippen LogP contribution >= 0.6 is 35.3 Å². The first kappa shape index (κ1) is 24.4. The van der Waals surface area contributed by atoms with Gasteiger partial charge in [-0.1, -0.05) is 18.9 Å². The minimum atomic E-state index is 0. The molecule has 164 valence electrons. The second-order valence-electron chi connectivity index (χ2n) is 7.72. The summed E-state index contributed by atoms with van der Waals surface area (Å²) >= 11 is 1.81. The highest BCUT2D eigenvalue weighted by atomic mass is 127. The van der Waals surface area contributed by atoms with Gasteiger partial charge in [0.15, 0.2) is 5.96 Å². The predicted molar refractivity (Wildman–Crippen MR) is 132 cm³/mol. The lowest BCUT2D eigenvalue weighted by Gasteiger charge is -2.25. The lowest BCUT2D eigenvalue weighted by Crippen LogP contribution is -2.41. The number of thiophene rings is 1. The first-order valence-corrected chi connectivity index (χ1v) is 11.7. The number of halogens is 1. The molecule has 1 aliphatic heterocycles. The smallest absolute Gasteiger partial charge is 0.221 e. The molecule has 6 nitrogen and oxygen atoms in total. The highest BCUT2D eigenvalue weighted by Gasteiger charge is 2.24. The third kappa shape index (κ3) is 8.05. The molecule has 0 radical (unpaired) electrons. The molecule has 1 aliphatic carbocycles. The highest BCUT2D eigenvalue weighted by molar-refractivity contribution is 14.0. The summed E-state index contributed by atoms with van der Waals surface area (Å²) in [6.07, 6.45) is 7.78. The largest absolute Gasteiger partial charge is 0.357 e. The van der Waals surface area contributed by atoms with E-state index in [-0.39, 0.29) is 29.9 Å². The Labute approximate surface area is 196 Å². The zero-order valence-corrected chi connectivity index (χ0v) is 20.6. The number of carbonyl (C=O) groups excluding carboxylic acids is 1. The number of nitrogens with one attached hydrogen (secondary N) is 3. The molecular formula is C21H36IN5OS. The minimum Gasteiger partial charge on any atom is -0.357 e. The second-order valence-corrected chi connectivity index (χ2v) is 8.70. The maximum atomic E-state index is 12.1. The third-order valence-corrected chi connectivity index (χ3v) is 6.56. The third-order valence-electron chi connectivity index (χ3n) is 5.58. The quantitative estimate of drug-likeness (QED) is 0.258. The van der Waals surface area contributed by atoms with Gasteiger partial charge in [0.2, 0.25) is 5.91 Å². The van der Waals surface area contributed by atoms with Crippen LogP contribution in [0.1, 0.15) is 62.8 Å². The molecule has 1 atom stereocenters. The van der Waals surface area contributed by atoms with E-state index < -0.39 is 0 Å². The van der Waals surface area contributed by atoms with Gasteiger partial charge in [-0.2, -0.15) is 0 Å². The summed E-state index contributed by atoms with van der Waals surface area (Å²) in [4.78, 5) is 20.9. The number of carbonyl (C=O) groups is 1. The summed E-state index contributed by atoms with van der Waals surface area (Å²) in [6.45, 7) is 6.55. The summed E-state index contributed by atoms with van der Waals surface area (Å²) in [5.41, 5.74) is 0. The maximum Gasteiger partial charge on any atom is 0.221 e. The molecule has 0 spiro atoms. The van der Waals surface area contributed by atoms with Crippen molar-refractivity contribution in [2.24, 2.45) is 4.99 Å². The molecule has 1 aromatic heterocycles. The Balaban J connectivity index is 0.00000300. The molecule has 0 bridgehead atoms. The lowest BCUT2D eigenvalue weighted by molar-refractivity contribution is -0.121. The van der Waals surface area contributed by atoms with Crippen LogP contribution in [-0.4, -0.2) is 55.5 Å². The van der Waals surface area contributed by atoms with Crippen LogP contribution in [0.25, 0.3) is 0 Å². The van der Waals surface area contributed by atoms with E-state index in [1.54, 1.807) is 0 Å². The SMILES string of the molecule is CCNC(=NCC(c1cccs1)N1CCCC1)NCCC(=O)NC1CCCC1.I. The zero-order valence-electron chi connectivity index (χ0n) is 17.5. The molecule has 2 aliphatic rings. The molecule has 3 rings (SSSR count). The Hall–Kier alpha value is -0.870. The molecule has 2 heterocycles. The fraction of sp³-hybridized carbons (Fsp3) is 0.714. The lowest BCUT2D eigenvalue weighted by atomic mass is 10.2. The number of aliphatic imine (C=N–C) groups is 1. The van der Waals surface area contributed by atoms with Crippen LogP contribution in [0.2, 0.25) is 0 Å². The van der Waals surface area contributed by atoms with Gasteiger partial charge in [0.1, 0.15) is 0 Å². The van der Waals surface area contributed by atoms with Crippen LogP contribution in [0, 0.1) is 0 Å². The first-order valence-electron chi connectivity index (χ1n) is 10.8. The van der Waals surface area contributed by atoms with Gasteiger partial charge in [-0.15, -0.1) is 35.3 Å². The Kier molecular flexibility index (Phi) is 11.3. The van der Waals surface area contributed by atoms with Gasteiger partial charge in [0.05, 0.1) is 12.6 Å². The van der Waals surface area contributed by atoms with Gasteiger partial charge in [0, 0.05) is 30.4 Å². The number of nitrogens with zero attached hydrogens (tertiary/aromatic N) is 2. The molecule has 29 heavy (non-hydrogen) atoms. The monoisotopic (exact) mass is 533 g/mol. The van der Waals surface area contributed by atoms with Crippen molar-refractivity contribution in [3.05, 3.63) is 22.4 Å². The molecule has 1 saturated heterocycles. The number of guanidine groups is 1. The fourth-order valence-electron chi connectivity index (χ4n) is 4.10. The number of hydrogen-bond donors (Lipinski definition) is 3. The molecular weight excluding hydrogens is 497 g/mol. The molecule has 2 fully saturated rings. The van der Waals surface area contributed by atoms with E-state index in [1.807, 2.05) is 11.3 Å². The standard InChI is InChI=1S/C21H35N5OS.HI/c1-2-22-21(23-12-11-20(27)25-17-8-3-4-9-17)24-16-18(19-10-7-15-28-19)26-13-5-6-14-26;/h7,10,15,17-18H,2-6,8-9,11-14,16H2,1H3,(H,25,27)(H2,22,23,24);1H. The van der Waals surface area contributed by atoms with E-state index >= 15 is 0 Å². The minimum absolute atomic E-state index is 0. The van der Waals surface area contributed by atoms with Gasteiger partial charge in [-0.3, -0.25) is 14.7 Å². The molecule has 1 aromatic rings. The highest BCUT2D eigenvalue weighted by Crippen LogP contribution is 2.28. The first-order chi connectivity index (χ1) is 13.8. The zero-order chi connectivity index (χ0) is 19.6. The van der Waals surface area contributed by atoms with E-state index in [9.17, 15) is 4.79 Å². The average molecular weight is 534 g/mol. The second kappa shape index (κ2) is 13.4. The van der Waals surface area contributed by atoms with E-state index in [1.165, 1.54) is 30.6 Å². The van der Waals surface area contributed by atoms with Crippen molar-refractivity contribution in [2.75, 3.05) is 32.7 Å². The Morgan fingerprint density at radius 3 is 2.66 bits per heavy atom. The van der Waals surface area contributed by atoms with Gasteiger partial charge < -0.3 is 16.0 Å². The van der Waals surface area contributed by atoms with Gasteiger partial charge in [0.25, 0.3) is 0 Å². The van der Waals surface area contributed by atoms with Crippen LogP contribution in [-0.2, 0) is 4.79 Å². The molecule has 0 aromatic carbocycles. The summed E-state index contributed by atoms with van der Waals surface area (Å²) in [5, 5.41) is 11.9. The molecule has 8 heteroatoms. The molecule has 1 unspecified atom stereocenters. The van der Waals surface area contributed by atoms with Gasteiger partial charge in [-0.25, -0.2) is 0 Å².